The number of nitrogens with zero attached hydrogens (tertiary/aromatic N) is 2. The van der Waals surface area contributed by atoms with Gasteiger partial charge in [-0.3, -0.25) is 0 Å². The minimum Gasteiger partial charge on any atom is -0.493 e. The summed E-state index contributed by atoms with van der Waals surface area (Å²) in [5.74, 6) is 1.14. The van der Waals surface area contributed by atoms with Gasteiger partial charge in [-0.15, -0.1) is 0 Å². The lowest BCUT2D eigenvalue weighted by molar-refractivity contribution is 0.356. The third-order valence-corrected chi connectivity index (χ3v) is 4.61. The van der Waals surface area contributed by atoms with Crippen LogP contribution in [0.2, 0.25) is 10.0 Å². The molecule has 0 amide bonds. The summed E-state index contributed by atoms with van der Waals surface area (Å²) < 4.78 is 10.9. The number of aromatic nitrogens is 1. The molecule has 0 atom stereocenters. The van der Waals surface area contributed by atoms with Gasteiger partial charge in [-0.05, 0) is 30.3 Å². The first-order chi connectivity index (χ1) is 13.0. The average Bonchev–Trinajstić information content (AvgIpc) is 2.66. The highest BCUT2D eigenvalue weighted by Gasteiger charge is 2.19. The molecule has 0 aliphatic carbocycles. The summed E-state index contributed by atoms with van der Waals surface area (Å²) in [6, 6.07) is 14.4. The molecule has 0 saturated carbocycles. The lowest BCUT2D eigenvalue weighted by Gasteiger charge is -2.15. The number of benzene rings is 2. The van der Waals surface area contributed by atoms with Crippen LogP contribution in [0.25, 0.3) is 22.4 Å². The standard InChI is InChI=1S/C20H15Cl2N3O2/c1-26-18-5-3-4-12(19(18)27-2)14-9-17(25-20(24)15(14)10-23)13-7-6-11(21)8-16(13)22/h3-9H,1-2H3,(H2,24,25). The Balaban J connectivity index is 2.31. The molecular weight excluding hydrogens is 385 g/mol. The van der Waals surface area contributed by atoms with Gasteiger partial charge in [0.2, 0.25) is 0 Å². The number of anilines is 1. The second kappa shape index (κ2) is 7.75. The summed E-state index contributed by atoms with van der Waals surface area (Å²) in [5, 5.41) is 10.6. The summed E-state index contributed by atoms with van der Waals surface area (Å²) in [5.41, 5.74) is 8.73. The lowest BCUT2D eigenvalue weighted by atomic mass is 9.97. The normalized spacial score (nSPS) is 10.3. The van der Waals surface area contributed by atoms with E-state index in [1.807, 2.05) is 12.1 Å². The minimum absolute atomic E-state index is 0.0980. The Morgan fingerprint density at radius 1 is 1.00 bits per heavy atom. The first kappa shape index (κ1) is 18.8. The number of para-hydroxylation sites is 1. The van der Waals surface area contributed by atoms with E-state index in [1.165, 1.54) is 7.11 Å². The third kappa shape index (κ3) is 3.50. The number of nitrogens with two attached hydrogens (primary N) is 1. The van der Waals surface area contributed by atoms with Crippen LogP contribution in [0.4, 0.5) is 5.82 Å². The van der Waals surface area contributed by atoms with Gasteiger partial charge in [-0.25, -0.2) is 4.98 Å². The molecular formula is C20H15Cl2N3O2. The fraction of sp³-hybridized carbons (Fsp3) is 0.100. The van der Waals surface area contributed by atoms with Crippen LogP contribution in [0.15, 0.2) is 42.5 Å². The zero-order valence-electron chi connectivity index (χ0n) is 14.6. The Morgan fingerprint density at radius 2 is 1.78 bits per heavy atom. The van der Waals surface area contributed by atoms with Crippen molar-refractivity contribution in [2.45, 2.75) is 0 Å². The summed E-state index contributed by atoms with van der Waals surface area (Å²) >= 11 is 12.3. The average molecular weight is 400 g/mol. The van der Waals surface area contributed by atoms with Crippen molar-refractivity contribution in [1.82, 2.24) is 4.98 Å². The number of nitrogen functional groups attached to an aromatic ring is 1. The molecule has 0 spiro atoms. The van der Waals surface area contributed by atoms with Gasteiger partial charge < -0.3 is 15.2 Å². The molecule has 5 nitrogen and oxygen atoms in total. The Kier molecular flexibility index (Phi) is 5.41. The van der Waals surface area contributed by atoms with E-state index < -0.39 is 0 Å². The number of halogens is 2. The van der Waals surface area contributed by atoms with Gasteiger partial charge in [-0.1, -0.05) is 35.3 Å². The SMILES string of the molecule is COc1cccc(-c2cc(-c3ccc(Cl)cc3Cl)nc(N)c2C#N)c1OC. The van der Waals surface area contributed by atoms with Crippen LogP contribution in [0, 0.1) is 11.3 Å². The molecule has 2 aromatic carbocycles. The molecule has 0 radical (unpaired) electrons. The minimum atomic E-state index is 0.0980. The maximum absolute atomic E-state index is 9.62. The van der Waals surface area contributed by atoms with Crippen molar-refractivity contribution >= 4 is 29.0 Å². The highest BCUT2D eigenvalue weighted by molar-refractivity contribution is 6.36. The summed E-state index contributed by atoms with van der Waals surface area (Å²) in [6.07, 6.45) is 0. The van der Waals surface area contributed by atoms with Gasteiger partial charge in [-0.2, -0.15) is 5.26 Å². The maximum Gasteiger partial charge on any atom is 0.168 e. The van der Waals surface area contributed by atoms with E-state index in [1.54, 1.807) is 37.4 Å². The molecule has 0 bridgehead atoms. The Bertz CT molecular complexity index is 1060. The van der Waals surface area contributed by atoms with E-state index in [2.05, 4.69) is 11.1 Å². The molecule has 3 aromatic rings. The quantitative estimate of drug-likeness (QED) is 0.652. The second-order valence-electron chi connectivity index (χ2n) is 5.59. The van der Waals surface area contributed by atoms with Crippen LogP contribution in [-0.2, 0) is 0 Å². The van der Waals surface area contributed by atoms with E-state index in [4.69, 9.17) is 38.4 Å². The Morgan fingerprint density at radius 3 is 2.41 bits per heavy atom. The molecule has 1 heterocycles. The van der Waals surface area contributed by atoms with E-state index in [9.17, 15) is 5.26 Å². The number of ether oxygens (including phenoxy) is 2. The first-order valence-electron chi connectivity index (χ1n) is 7.87. The van der Waals surface area contributed by atoms with Crippen LogP contribution in [0.5, 0.6) is 11.5 Å². The summed E-state index contributed by atoms with van der Waals surface area (Å²) in [7, 11) is 3.08. The lowest BCUT2D eigenvalue weighted by Crippen LogP contribution is -2.01. The van der Waals surface area contributed by atoms with E-state index in [-0.39, 0.29) is 11.4 Å². The molecule has 7 heteroatoms. The predicted octanol–water partition coefficient (Wildman–Crippen LogP) is 5.19. The molecule has 0 saturated heterocycles. The topological polar surface area (TPSA) is 81.2 Å². The highest BCUT2D eigenvalue weighted by atomic mass is 35.5. The van der Waals surface area contributed by atoms with Gasteiger partial charge in [0.1, 0.15) is 17.5 Å². The van der Waals surface area contributed by atoms with Crippen molar-refractivity contribution in [2.75, 3.05) is 20.0 Å². The van der Waals surface area contributed by atoms with Gasteiger partial charge in [0.25, 0.3) is 0 Å². The number of rotatable bonds is 4. The number of hydrogen-bond acceptors (Lipinski definition) is 5. The van der Waals surface area contributed by atoms with Crippen LogP contribution < -0.4 is 15.2 Å². The molecule has 0 aliphatic rings. The van der Waals surface area contributed by atoms with Crippen molar-refractivity contribution in [3.05, 3.63) is 58.1 Å². The van der Waals surface area contributed by atoms with Crippen molar-refractivity contribution in [1.29, 1.82) is 5.26 Å². The van der Waals surface area contributed by atoms with Crippen molar-refractivity contribution < 1.29 is 9.47 Å². The van der Waals surface area contributed by atoms with Gasteiger partial charge in [0.15, 0.2) is 11.5 Å². The van der Waals surface area contributed by atoms with Crippen molar-refractivity contribution in [3.8, 4) is 40.0 Å². The van der Waals surface area contributed by atoms with E-state index >= 15 is 0 Å². The third-order valence-electron chi connectivity index (χ3n) is 4.06. The second-order valence-corrected chi connectivity index (χ2v) is 6.44. The zero-order valence-corrected chi connectivity index (χ0v) is 16.1. The zero-order chi connectivity index (χ0) is 19.6. The van der Waals surface area contributed by atoms with E-state index in [0.29, 0.717) is 43.9 Å². The number of nitriles is 1. The molecule has 136 valence electrons. The van der Waals surface area contributed by atoms with Crippen LogP contribution >= 0.6 is 23.2 Å². The van der Waals surface area contributed by atoms with Crippen LogP contribution in [0.1, 0.15) is 5.56 Å². The van der Waals surface area contributed by atoms with Gasteiger partial charge >= 0.3 is 0 Å². The Hall–Kier alpha value is -2.94. The molecule has 3 rings (SSSR count). The first-order valence-corrected chi connectivity index (χ1v) is 8.63. The summed E-state index contributed by atoms with van der Waals surface area (Å²) in [6.45, 7) is 0. The molecule has 1 aromatic heterocycles. The van der Waals surface area contributed by atoms with Crippen molar-refractivity contribution in [2.24, 2.45) is 0 Å². The number of hydrogen-bond donors (Lipinski definition) is 1. The Labute approximate surface area is 166 Å². The van der Waals surface area contributed by atoms with Crippen LogP contribution in [0.3, 0.4) is 0 Å². The number of pyridine rings is 1. The highest BCUT2D eigenvalue weighted by Crippen LogP contribution is 2.42. The fourth-order valence-electron chi connectivity index (χ4n) is 2.83. The fourth-order valence-corrected chi connectivity index (χ4v) is 3.33. The monoisotopic (exact) mass is 399 g/mol. The largest absolute Gasteiger partial charge is 0.493 e. The van der Waals surface area contributed by atoms with Crippen LogP contribution in [-0.4, -0.2) is 19.2 Å². The molecule has 0 unspecified atom stereocenters. The van der Waals surface area contributed by atoms with Gasteiger partial charge in [0.05, 0.1) is 24.9 Å². The number of methoxy groups -OCH3 is 2. The predicted molar refractivity (Wildman–Crippen MR) is 107 cm³/mol. The molecule has 0 fully saturated rings. The molecule has 27 heavy (non-hydrogen) atoms. The maximum atomic E-state index is 9.62. The van der Waals surface area contributed by atoms with E-state index in [0.717, 1.165) is 0 Å². The smallest absolute Gasteiger partial charge is 0.168 e. The molecule has 2 N–H and O–H groups in total. The van der Waals surface area contributed by atoms with Gasteiger partial charge in [0, 0.05) is 21.7 Å². The van der Waals surface area contributed by atoms with Crippen molar-refractivity contribution in [3.63, 3.8) is 0 Å². The summed E-state index contributed by atoms with van der Waals surface area (Å²) in [4.78, 5) is 4.34. The molecule has 0 aliphatic heterocycles.